The number of ether oxygens (including phenoxy) is 1. The van der Waals surface area contributed by atoms with Gasteiger partial charge in [0, 0.05) is 6.54 Å². The molecule has 1 saturated heterocycles. The highest BCUT2D eigenvalue weighted by molar-refractivity contribution is 7.85. The van der Waals surface area contributed by atoms with Crippen LogP contribution in [-0.4, -0.2) is 46.4 Å². The van der Waals surface area contributed by atoms with E-state index in [9.17, 15) is 13.2 Å². The van der Waals surface area contributed by atoms with Crippen LogP contribution in [0.1, 0.15) is 27.2 Å². The maximum absolute atomic E-state index is 10.5. The molecule has 18 heavy (non-hydrogen) atoms. The van der Waals surface area contributed by atoms with E-state index in [1.165, 1.54) is 0 Å². The van der Waals surface area contributed by atoms with Crippen molar-refractivity contribution in [2.45, 2.75) is 32.8 Å². The minimum absolute atomic E-state index is 0.318. The first-order chi connectivity index (χ1) is 8.14. The fourth-order valence-corrected chi connectivity index (χ4v) is 1.66. The Hall–Kier alpha value is -0.660. The molecule has 0 saturated carbocycles. The van der Waals surface area contributed by atoms with Gasteiger partial charge in [-0.05, 0) is 39.7 Å². The number of hydrogen-bond donors (Lipinski definition) is 1. The van der Waals surface area contributed by atoms with Crippen LogP contribution in [0.5, 0.6) is 0 Å². The molecular formula is C11H23NO5S. The van der Waals surface area contributed by atoms with Crippen LogP contribution in [-0.2, 0) is 23.8 Å². The Morgan fingerprint density at radius 1 is 1.39 bits per heavy atom. The van der Waals surface area contributed by atoms with Crippen molar-refractivity contribution < 1.29 is 22.1 Å². The van der Waals surface area contributed by atoms with E-state index in [0.29, 0.717) is 19.0 Å². The number of hydrogen-bond acceptors (Lipinski definition) is 6. The van der Waals surface area contributed by atoms with Crippen molar-refractivity contribution in [1.29, 1.82) is 0 Å². The lowest BCUT2D eigenvalue weighted by Crippen LogP contribution is -2.17. The molecule has 0 spiro atoms. The van der Waals surface area contributed by atoms with Crippen LogP contribution in [0, 0.1) is 5.92 Å². The minimum Gasteiger partial charge on any atom is -0.462 e. The van der Waals surface area contributed by atoms with Crippen LogP contribution in [0.4, 0.5) is 0 Å². The molecule has 0 aromatic carbocycles. The molecule has 0 aromatic rings. The molecule has 0 bridgehead atoms. The molecule has 1 atom stereocenters. The molecule has 7 heteroatoms. The van der Waals surface area contributed by atoms with Crippen molar-refractivity contribution in [1.82, 2.24) is 5.32 Å². The Balaban J connectivity index is 0.000000360. The summed E-state index contributed by atoms with van der Waals surface area (Å²) in [5.74, 6) is 0.365. The largest absolute Gasteiger partial charge is 0.462 e. The van der Waals surface area contributed by atoms with Crippen molar-refractivity contribution in [2.75, 3.05) is 26.0 Å². The van der Waals surface area contributed by atoms with E-state index in [1.807, 2.05) is 20.8 Å². The lowest BCUT2D eigenvalue weighted by Gasteiger charge is -2.14. The first-order valence-electron chi connectivity index (χ1n) is 5.80. The smallest absolute Gasteiger partial charge is 0.293 e. The van der Waals surface area contributed by atoms with E-state index in [0.717, 1.165) is 25.8 Å². The van der Waals surface area contributed by atoms with Crippen LogP contribution in [0.15, 0.2) is 0 Å². The van der Waals surface area contributed by atoms with Gasteiger partial charge in [-0.2, -0.15) is 8.42 Å². The molecule has 6 nitrogen and oxygen atoms in total. The molecule has 0 aliphatic carbocycles. The molecule has 1 N–H and O–H groups in total. The Kier molecular flexibility index (Phi) is 7.42. The number of carbonyl (C=O) groups is 1. The third-order valence-corrected chi connectivity index (χ3v) is 2.65. The van der Waals surface area contributed by atoms with Crippen molar-refractivity contribution in [3.05, 3.63) is 0 Å². The van der Waals surface area contributed by atoms with Crippen molar-refractivity contribution in [3.63, 3.8) is 0 Å². The Bertz CT molecular complexity index is 328. The van der Waals surface area contributed by atoms with Gasteiger partial charge < -0.3 is 10.1 Å². The maximum Gasteiger partial charge on any atom is 0.293 e. The standard InChI is InChI=1S/C6H13NO3S.C5H10O2/c1-11(8,9)10-5-6-2-3-7-4-6;1-5(2,3)7-4-6/h6-7H,2-5H2,1H3;4H,1-3H3. The summed E-state index contributed by atoms with van der Waals surface area (Å²) in [6.07, 6.45) is 2.09. The van der Waals surface area contributed by atoms with Crippen LogP contribution < -0.4 is 5.32 Å². The average Bonchev–Trinajstić information content (AvgIpc) is 2.64. The monoisotopic (exact) mass is 281 g/mol. The van der Waals surface area contributed by atoms with Gasteiger partial charge in [0.1, 0.15) is 5.60 Å². The van der Waals surface area contributed by atoms with E-state index in [-0.39, 0.29) is 5.60 Å². The van der Waals surface area contributed by atoms with E-state index in [2.05, 4.69) is 14.2 Å². The second-order valence-corrected chi connectivity index (χ2v) is 6.82. The molecular weight excluding hydrogens is 258 g/mol. The zero-order valence-corrected chi connectivity index (χ0v) is 12.2. The number of nitrogens with one attached hydrogen (secondary N) is 1. The highest BCUT2D eigenvalue weighted by Gasteiger charge is 2.16. The molecule has 108 valence electrons. The summed E-state index contributed by atoms with van der Waals surface area (Å²) in [6, 6.07) is 0. The fourth-order valence-electron chi connectivity index (χ4n) is 1.22. The zero-order chi connectivity index (χ0) is 14.2. The van der Waals surface area contributed by atoms with Crippen LogP contribution >= 0.6 is 0 Å². The summed E-state index contributed by atoms with van der Waals surface area (Å²) in [7, 11) is -3.24. The van der Waals surface area contributed by atoms with Crippen LogP contribution in [0.3, 0.4) is 0 Å². The average molecular weight is 281 g/mol. The summed E-state index contributed by atoms with van der Waals surface area (Å²) in [4.78, 5) is 9.60. The van der Waals surface area contributed by atoms with Gasteiger partial charge in [-0.1, -0.05) is 0 Å². The third-order valence-electron chi connectivity index (χ3n) is 2.08. The van der Waals surface area contributed by atoms with Crippen LogP contribution in [0.25, 0.3) is 0 Å². The SMILES string of the molecule is CC(C)(C)OC=O.CS(=O)(=O)OCC1CCNC1. The fraction of sp³-hybridized carbons (Fsp3) is 0.909. The van der Waals surface area contributed by atoms with Crippen molar-refractivity contribution in [3.8, 4) is 0 Å². The van der Waals surface area contributed by atoms with Gasteiger partial charge in [-0.3, -0.25) is 8.98 Å². The summed E-state index contributed by atoms with van der Waals surface area (Å²) in [5.41, 5.74) is -0.318. The normalized spacial score (nSPS) is 19.9. The molecule has 0 amide bonds. The molecule has 1 unspecified atom stereocenters. The van der Waals surface area contributed by atoms with E-state index in [4.69, 9.17) is 0 Å². The van der Waals surface area contributed by atoms with Gasteiger partial charge in [-0.25, -0.2) is 0 Å². The van der Waals surface area contributed by atoms with Crippen molar-refractivity contribution in [2.24, 2.45) is 5.92 Å². The summed E-state index contributed by atoms with van der Waals surface area (Å²) >= 11 is 0. The molecule has 1 fully saturated rings. The number of rotatable bonds is 4. The zero-order valence-electron chi connectivity index (χ0n) is 11.4. The second kappa shape index (κ2) is 7.70. The molecule has 1 rings (SSSR count). The lowest BCUT2D eigenvalue weighted by atomic mass is 10.1. The van der Waals surface area contributed by atoms with Gasteiger partial charge in [0.15, 0.2) is 0 Å². The molecule has 1 heterocycles. The highest BCUT2D eigenvalue weighted by Crippen LogP contribution is 2.08. The molecule has 0 radical (unpaired) electrons. The van der Waals surface area contributed by atoms with E-state index >= 15 is 0 Å². The van der Waals surface area contributed by atoms with E-state index in [1.54, 1.807) is 0 Å². The predicted molar refractivity (Wildman–Crippen MR) is 68.7 cm³/mol. The van der Waals surface area contributed by atoms with Crippen molar-refractivity contribution >= 4 is 16.6 Å². The van der Waals surface area contributed by atoms with Crippen LogP contribution in [0.2, 0.25) is 0 Å². The topological polar surface area (TPSA) is 81.7 Å². The Labute approximate surface area is 109 Å². The molecule has 1 aliphatic heterocycles. The van der Waals surface area contributed by atoms with Gasteiger partial charge in [0.05, 0.1) is 12.9 Å². The Morgan fingerprint density at radius 3 is 2.28 bits per heavy atom. The van der Waals surface area contributed by atoms with Gasteiger partial charge in [0.25, 0.3) is 16.6 Å². The molecule has 0 aromatic heterocycles. The van der Waals surface area contributed by atoms with Gasteiger partial charge in [-0.15, -0.1) is 0 Å². The summed E-state index contributed by atoms with van der Waals surface area (Å²) in [5, 5.41) is 3.13. The minimum atomic E-state index is -3.24. The summed E-state index contributed by atoms with van der Waals surface area (Å²) < 4.78 is 30.3. The Morgan fingerprint density at radius 2 is 2.00 bits per heavy atom. The van der Waals surface area contributed by atoms with Gasteiger partial charge in [0.2, 0.25) is 0 Å². The quantitative estimate of drug-likeness (QED) is 0.598. The first-order valence-corrected chi connectivity index (χ1v) is 7.62. The third kappa shape index (κ3) is 11.8. The lowest BCUT2D eigenvalue weighted by molar-refractivity contribution is -0.138. The maximum atomic E-state index is 10.5. The first kappa shape index (κ1) is 17.3. The summed E-state index contributed by atoms with van der Waals surface area (Å²) in [6.45, 7) is 8.09. The second-order valence-electron chi connectivity index (χ2n) is 5.17. The number of carbonyl (C=O) groups excluding carboxylic acids is 1. The van der Waals surface area contributed by atoms with E-state index < -0.39 is 10.1 Å². The highest BCUT2D eigenvalue weighted by atomic mass is 32.2. The molecule has 1 aliphatic rings. The van der Waals surface area contributed by atoms with Gasteiger partial charge >= 0.3 is 0 Å². The predicted octanol–water partition coefficient (Wildman–Crippen LogP) is 0.530.